The van der Waals surface area contributed by atoms with E-state index in [1.165, 1.54) is 12.1 Å². The van der Waals surface area contributed by atoms with Gasteiger partial charge < -0.3 is 15.3 Å². The van der Waals surface area contributed by atoms with Crippen molar-refractivity contribution in [3.05, 3.63) is 17.0 Å². The van der Waals surface area contributed by atoms with Crippen LogP contribution in [0.5, 0.6) is 0 Å². The van der Waals surface area contributed by atoms with Gasteiger partial charge in [-0.2, -0.15) is 0 Å². The van der Waals surface area contributed by atoms with Gasteiger partial charge in [-0.05, 0) is 12.1 Å². The molecule has 0 radical (unpaired) electrons. The Morgan fingerprint density at radius 3 is 2.67 bits per heavy atom. The minimum Gasteiger partial charge on any atom is -0.481 e. The van der Waals surface area contributed by atoms with Crippen molar-refractivity contribution in [3.8, 4) is 0 Å². The predicted octanol–water partition coefficient (Wildman–Crippen LogP) is -0.993. The van der Waals surface area contributed by atoms with Crippen molar-refractivity contribution < 1.29 is 28.5 Å². The summed E-state index contributed by atoms with van der Waals surface area (Å²) in [6.45, 7) is -0.845. The summed E-state index contributed by atoms with van der Waals surface area (Å²) >= 11 is 0.852. The normalized spacial score (nSPS) is 13.4. The summed E-state index contributed by atoms with van der Waals surface area (Å²) in [7, 11) is -3.78. The van der Waals surface area contributed by atoms with Gasteiger partial charge in [-0.25, -0.2) is 13.1 Å². The van der Waals surface area contributed by atoms with Crippen molar-refractivity contribution in [2.24, 2.45) is 0 Å². The molecule has 102 valence electrons. The molecule has 0 amide bonds. The predicted molar refractivity (Wildman–Crippen MR) is 63.9 cm³/mol. The van der Waals surface area contributed by atoms with Gasteiger partial charge in [0.15, 0.2) is 0 Å². The highest BCUT2D eigenvalue weighted by molar-refractivity contribution is 7.91. The minimum absolute atomic E-state index is 0.0242. The van der Waals surface area contributed by atoms with E-state index in [1.807, 2.05) is 0 Å². The fourth-order valence-electron chi connectivity index (χ4n) is 1.09. The Bertz CT molecular complexity index is 509. The number of hydrogen-bond acceptors (Lipinski definition) is 6. The van der Waals surface area contributed by atoms with Crippen molar-refractivity contribution >= 4 is 27.3 Å². The molecule has 7 nitrogen and oxygen atoms in total. The maximum atomic E-state index is 11.7. The van der Waals surface area contributed by atoms with Gasteiger partial charge in [-0.3, -0.25) is 4.79 Å². The Morgan fingerprint density at radius 2 is 2.11 bits per heavy atom. The number of carbonyl (C=O) groups is 1. The molecule has 18 heavy (non-hydrogen) atoms. The van der Waals surface area contributed by atoms with Gasteiger partial charge >= 0.3 is 5.97 Å². The maximum absolute atomic E-state index is 11.7. The first kappa shape index (κ1) is 15.1. The van der Waals surface area contributed by atoms with Crippen LogP contribution in [0.3, 0.4) is 0 Å². The van der Waals surface area contributed by atoms with Gasteiger partial charge in [0.05, 0.1) is 19.1 Å². The molecule has 0 fully saturated rings. The van der Waals surface area contributed by atoms with E-state index >= 15 is 0 Å². The van der Waals surface area contributed by atoms with Crippen molar-refractivity contribution in [2.75, 3.05) is 13.2 Å². The third-order valence-electron chi connectivity index (χ3n) is 1.95. The van der Waals surface area contributed by atoms with E-state index < -0.39 is 28.7 Å². The number of rotatable bonds is 7. The lowest BCUT2D eigenvalue weighted by atomic mass is 10.3. The molecule has 1 aromatic heterocycles. The first-order valence-electron chi connectivity index (χ1n) is 4.94. The molecule has 1 atom stereocenters. The molecule has 0 saturated heterocycles. The highest BCUT2D eigenvalue weighted by atomic mass is 32.2. The average molecular weight is 295 g/mol. The molecule has 0 bridgehead atoms. The second-order valence-corrected chi connectivity index (χ2v) is 6.64. The number of aliphatic hydroxyl groups excluding tert-OH is 2. The van der Waals surface area contributed by atoms with Crippen molar-refractivity contribution in [1.29, 1.82) is 0 Å². The zero-order valence-corrected chi connectivity index (χ0v) is 10.9. The molecule has 0 aliphatic rings. The smallest absolute Gasteiger partial charge is 0.308 e. The Hall–Kier alpha value is -1.00. The molecular weight excluding hydrogens is 282 g/mol. The van der Waals surface area contributed by atoms with E-state index in [0.29, 0.717) is 4.88 Å². The number of carboxylic acid groups (broad SMARTS) is 1. The van der Waals surface area contributed by atoms with Gasteiger partial charge in [0.1, 0.15) is 4.21 Å². The molecule has 1 heterocycles. The third kappa shape index (κ3) is 4.35. The summed E-state index contributed by atoms with van der Waals surface area (Å²) in [5.74, 6) is -1.04. The van der Waals surface area contributed by atoms with Gasteiger partial charge in [-0.1, -0.05) is 0 Å². The van der Waals surface area contributed by atoms with E-state index in [2.05, 4.69) is 4.72 Å². The number of sulfonamides is 1. The molecule has 0 saturated carbocycles. The molecule has 0 aliphatic carbocycles. The second kappa shape index (κ2) is 6.25. The first-order valence-corrected chi connectivity index (χ1v) is 7.24. The highest BCUT2D eigenvalue weighted by Crippen LogP contribution is 2.21. The van der Waals surface area contributed by atoms with Gasteiger partial charge in [0, 0.05) is 11.4 Å². The molecular formula is C9H13NO6S2. The van der Waals surface area contributed by atoms with Crippen molar-refractivity contribution in [2.45, 2.75) is 16.7 Å². The standard InChI is InChI=1S/C9H13NO6S2/c11-5-6(12)4-10-18(15,16)9-2-1-7(17-9)3-8(13)14/h1-2,6,10-12H,3-5H2,(H,13,14). The number of carboxylic acids is 1. The summed E-state index contributed by atoms with van der Waals surface area (Å²) in [6.07, 6.45) is -1.40. The Kier molecular flexibility index (Phi) is 5.23. The van der Waals surface area contributed by atoms with Crippen LogP contribution in [-0.4, -0.2) is 49.0 Å². The highest BCUT2D eigenvalue weighted by Gasteiger charge is 2.18. The fraction of sp³-hybridized carbons (Fsp3) is 0.444. The van der Waals surface area contributed by atoms with E-state index in [-0.39, 0.29) is 17.2 Å². The second-order valence-electron chi connectivity index (χ2n) is 3.48. The van der Waals surface area contributed by atoms with Gasteiger partial charge in [0.2, 0.25) is 10.0 Å². The Labute approximate surface area is 108 Å². The van der Waals surface area contributed by atoms with Crippen LogP contribution in [0.1, 0.15) is 4.88 Å². The van der Waals surface area contributed by atoms with E-state index in [1.54, 1.807) is 0 Å². The summed E-state index contributed by atoms with van der Waals surface area (Å²) in [6, 6.07) is 2.73. The summed E-state index contributed by atoms with van der Waals surface area (Å²) in [4.78, 5) is 10.9. The number of hydrogen-bond donors (Lipinski definition) is 4. The van der Waals surface area contributed by atoms with Crippen LogP contribution in [0, 0.1) is 0 Å². The largest absolute Gasteiger partial charge is 0.481 e. The van der Waals surface area contributed by atoms with E-state index in [9.17, 15) is 13.2 Å². The SMILES string of the molecule is O=C(O)Cc1ccc(S(=O)(=O)NCC(O)CO)s1. The first-order chi connectivity index (χ1) is 8.35. The van der Waals surface area contributed by atoms with Gasteiger partial charge in [-0.15, -0.1) is 11.3 Å². The zero-order chi connectivity index (χ0) is 13.8. The number of thiophene rings is 1. The van der Waals surface area contributed by atoms with E-state index in [4.69, 9.17) is 15.3 Å². The number of nitrogens with one attached hydrogen (secondary N) is 1. The fourth-order valence-corrected chi connectivity index (χ4v) is 3.55. The molecule has 4 N–H and O–H groups in total. The van der Waals surface area contributed by atoms with Crippen LogP contribution in [-0.2, 0) is 21.2 Å². The van der Waals surface area contributed by atoms with Crippen LogP contribution in [0.2, 0.25) is 0 Å². The van der Waals surface area contributed by atoms with Crippen molar-refractivity contribution in [1.82, 2.24) is 4.72 Å². The zero-order valence-electron chi connectivity index (χ0n) is 9.24. The van der Waals surface area contributed by atoms with Crippen molar-refractivity contribution in [3.63, 3.8) is 0 Å². The third-order valence-corrected chi connectivity index (χ3v) is 4.95. The molecule has 9 heteroatoms. The molecule has 1 unspecified atom stereocenters. The Morgan fingerprint density at radius 1 is 1.44 bits per heavy atom. The van der Waals surface area contributed by atoms with Crippen LogP contribution in [0.15, 0.2) is 16.3 Å². The quantitative estimate of drug-likeness (QED) is 0.512. The van der Waals surface area contributed by atoms with Gasteiger partial charge in [0.25, 0.3) is 0 Å². The lowest BCUT2D eigenvalue weighted by Gasteiger charge is -2.08. The van der Waals surface area contributed by atoms with Crippen LogP contribution < -0.4 is 4.72 Å². The van der Waals surface area contributed by atoms with Crippen LogP contribution in [0.25, 0.3) is 0 Å². The van der Waals surface area contributed by atoms with E-state index in [0.717, 1.165) is 11.3 Å². The topological polar surface area (TPSA) is 124 Å². The summed E-state index contributed by atoms with van der Waals surface area (Å²) in [5.41, 5.74) is 0. The average Bonchev–Trinajstić information content (AvgIpc) is 2.74. The van der Waals surface area contributed by atoms with Crippen LogP contribution >= 0.6 is 11.3 Å². The number of aliphatic hydroxyl groups is 2. The monoisotopic (exact) mass is 295 g/mol. The lowest BCUT2D eigenvalue weighted by molar-refractivity contribution is -0.136. The summed E-state index contributed by atoms with van der Waals surface area (Å²) < 4.78 is 25.5. The lowest BCUT2D eigenvalue weighted by Crippen LogP contribution is -2.33. The van der Waals surface area contributed by atoms with Crippen LogP contribution in [0.4, 0.5) is 0 Å². The Balaban J connectivity index is 2.73. The molecule has 1 rings (SSSR count). The maximum Gasteiger partial charge on any atom is 0.308 e. The minimum atomic E-state index is -3.78. The molecule has 0 aliphatic heterocycles. The summed E-state index contributed by atoms with van der Waals surface area (Å²) in [5, 5.41) is 26.2. The molecule has 1 aromatic rings. The molecule has 0 aromatic carbocycles. The molecule has 0 spiro atoms. The number of aliphatic carboxylic acids is 1.